The summed E-state index contributed by atoms with van der Waals surface area (Å²) in [6, 6.07) is -0.133. The van der Waals surface area contributed by atoms with E-state index in [9.17, 15) is 4.79 Å². The van der Waals surface area contributed by atoms with E-state index in [1.54, 1.807) is 0 Å². The lowest BCUT2D eigenvalue weighted by molar-refractivity contribution is -0.140. The molecular weight excluding hydrogens is 420 g/mol. The van der Waals surface area contributed by atoms with Gasteiger partial charge in [0.2, 0.25) is 0 Å². The Hall–Kier alpha value is -1.11. The van der Waals surface area contributed by atoms with Crippen LogP contribution in [0.15, 0.2) is 12.7 Å². The molecule has 10 nitrogen and oxygen atoms in total. The third-order valence-corrected chi connectivity index (χ3v) is 5.23. The third-order valence-electron chi connectivity index (χ3n) is 5.23. The van der Waals surface area contributed by atoms with Gasteiger partial charge in [0.15, 0.2) is 0 Å². The van der Waals surface area contributed by atoms with Crippen molar-refractivity contribution in [2.24, 2.45) is 0 Å². The molecule has 0 N–H and O–H groups in total. The zero-order valence-corrected chi connectivity index (χ0v) is 19.3. The molecule has 3 fully saturated rings. The predicted octanol–water partition coefficient (Wildman–Crippen LogP) is -0.185. The molecule has 3 aliphatic heterocycles. The largest absolute Gasteiger partial charge is 0.461 e. The van der Waals surface area contributed by atoms with Gasteiger partial charge in [0, 0.05) is 38.8 Å². The van der Waals surface area contributed by atoms with Crippen LogP contribution in [0.3, 0.4) is 0 Å². The van der Waals surface area contributed by atoms with Gasteiger partial charge in [0.1, 0.15) is 6.61 Å². The highest BCUT2D eigenvalue weighted by Gasteiger charge is 2.21. The molecule has 0 saturated carbocycles. The van der Waals surface area contributed by atoms with Crippen LogP contribution in [0.1, 0.15) is 0 Å². The van der Waals surface area contributed by atoms with Crippen molar-refractivity contribution in [3.63, 3.8) is 0 Å². The van der Waals surface area contributed by atoms with E-state index in [4.69, 9.17) is 33.2 Å². The maximum absolute atomic E-state index is 11.6. The Bertz CT molecular complexity index is 477. The lowest BCUT2D eigenvalue weighted by Gasteiger charge is -2.31. The van der Waals surface area contributed by atoms with Crippen LogP contribution in [-0.2, 0) is 38.0 Å². The summed E-state index contributed by atoms with van der Waals surface area (Å²) in [5.74, 6) is -0.450. The molecular formula is C22H40N2O8. The van der Waals surface area contributed by atoms with Crippen molar-refractivity contribution in [2.75, 3.05) is 119 Å². The van der Waals surface area contributed by atoms with Gasteiger partial charge in [-0.3, -0.25) is 9.80 Å². The van der Waals surface area contributed by atoms with Crippen molar-refractivity contribution in [2.45, 2.75) is 6.04 Å². The first-order valence-electron chi connectivity index (χ1n) is 11.5. The highest BCUT2D eigenvalue weighted by molar-refractivity contribution is 5.81. The van der Waals surface area contributed by atoms with Gasteiger partial charge in [-0.15, -0.1) is 0 Å². The molecule has 3 rings (SSSR count). The number of rotatable bonds is 3. The van der Waals surface area contributed by atoms with E-state index in [1.165, 1.54) is 6.08 Å². The molecule has 0 aliphatic carbocycles. The summed E-state index contributed by atoms with van der Waals surface area (Å²) in [6.45, 7) is 13.9. The minimum atomic E-state index is -0.450. The Morgan fingerprint density at radius 3 is 1.62 bits per heavy atom. The standard InChI is InChI=1S/C22H40N2O8/c1-2-22(25)32-20-21-19-31-18-17-28-10-5-23-3-8-26-13-15-29-11-6-24(21)7-12-30-16-14-27-9-4-23/h2,21H,1,3-20H2. The Morgan fingerprint density at radius 2 is 1.16 bits per heavy atom. The summed E-state index contributed by atoms with van der Waals surface area (Å²) >= 11 is 0. The smallest absolute Gasteiger partial charge is 0.330 e. The second kappa shape index (κ2) is 18.3. The van der Waals surface area contributed by atoms with Crippen LogP contribution in [0.2, 0.25) is 0 Å². The monoisotopic (exact) mass is 460 g/mol. The highest BCUT2D eigenvalue weighted by atomic mass is 16.5. The average Bonchev–Trinajstić information content (AvgIpc) is 2.80. The maximum atomic E-state index is 11.6. The van der Waals surface area contributed by atoms with Crippen LogP contribution in [0.25, 0.3) is 0 Å². The number of fused-ring (bicyclic) bond motifs is 21. The first kappa shape index (κ1) is 27.1. The molecule has 0 aromatic carbocycles. The van der Waals surface area contributed by atoms with Crippen LogP contribution in [0.4, 0.5) is 0 Å². The Morgan fingerprint density at radius 1 is 0.719 bits per heavy atom. The van der Waals surface area contributed by atoms with Gasteiger partial charge in [-0.2, -0.15) is 0 Å². The molecule has 186 valence electrons. The molecule has 3 heterocycles. The lowest BCUT2D eigenvalue weighted by Crippen LogP contribution is -2.46. The summed E-state index contributed by atoms with van der Waals surface area (Å²) in [5, 5.41) is 0. The van der Waals surface area contributed by atoms with Crippen LogP contribution in [0, 0.1) is 0 Å². The molecule has 0 aromatic heterocycles. The van der Waals surface area contributed by atoms with Crippen molar-refractivity contribution in [3.05, 3.63) is 12.7 Å². The minimum Gasteiger partial charge on any atom is -0.461 e. The minimum absolute atomic E-state index is 0.133. The number of hydrogen-bond acceptors (Lipinski definition) is 10. The fourth-order valence-electron chi connectivity index (χ4n) is 3.34. The van der Waals surface area contributed by atoms with Crippen LogP contribution in [-0.4, -0.2) is 140 Å². The average molecular weight is 461 g/mol. The fourth-order valence-corrected chi connectivity index (χ4v) is 3.34. The molecule has 1 unspecified atom stereocenters. The number of esters is 1. The number of carbonyl (C=O) groups excluding carboxylic acids is 1. The quantitative estimate of drug-likeness (QED) is 0.417. The van der Waals surface area contributed by atoms with Crippen LogP contribution < -0.4 is 0 Å². The highest BCUT2D eigenvalue weighted by Crippen LogP contribution is 2.04. The molecule has 0 spiro atoms. The van der Waals surface area contributed by atoms with Gasteiger partial charge in [-0.1, -0.05) is 6.58 Å². The van der Waals surface area contributed by atoms with Crippen LogP contribution in [0.5, 0.6) is 0 Å². The van der Waals surface area contributed by atoms with E-state index in [1.807, 2.05) is 0 Å². The van der Waals surface area contributed by atoms with Gasteiger partial charge in [-0.05, 0) is 0 Å². The topological polar surface area (TPSA) is 88.2 Å². The zero-order chi connectivity index (χ0) is 22.7. The van der Waals surface area contributed by atoms with E-state index >= 15 is 0 Å². The predicted molar refractivity (Wildman–Crippen MR) is 118 cm³/mol. The number of hydrogen-bond donors (Lipinski definition) is 0. The lowest BCUT2D eigenvalue weighted by atomic mass is 10.2. The Labute approximate surface area is 191 Å². The maximum Gasteiger partial charge on any atom is 0.330 e. The molecule has 3 aliphatic rings. The van der Waals surface area contributed by atoms with Crippen LogP contribution >= 0.6 is 0 Å². The van der Waals surface area contributed by atoms with Crippen molar-refractivity contribution >= 4 is 5.97 Å². The normalized spacial score (nSPS) is 28.9. The number of nitrogens with zero attached hydrogens (tertiary/aromatic N) is 2. The summed E-state index contributed by atoms with van der Waals surface area (Å²) in [7, 11) is 0. The Balaban J connectivity index is 2.03. The summed E-state index contributed by atoms with van der Waals surface area (Å²) < 4.78 is 39.9. The summed E-state index contributed by atoms with van der Waals surface area (Å²) in [4.78, 5) is 16.1. The van der Waals surface area contributed by atoms with E-state index < -0.39 is 5.97 Å². The van der Waals surface area contributed by atoms with Crippen molar-refractivity contribution in [1.29, 1.82) is 0 Å². The van der Waals surface area contributed by atoms with Gasteiger partial charge in [-0.25, -0.2) is 4.79 Å². The third kappa shape index (κ3) is 12.8. The number of carbonyl (C=O) groups is 1. The molecule has 0 aromatic rings. The molecule has 32 heavy (non-hydrogen) atoms. The van der Waals surface area contributed by atoms with E-state index in [2.05, 4.69) is 16.4 Å². The van der Waals surface area contributed by atoms with Gasteiger partial charge >= 0.3 is 5.97 Å². The molecule has 0 radical (unpaired) electrons. The van der Waals surface area contributed by atoms with E-state index in [-0.39, 0.29) is 12.6 Å². The van der Waals surface area contributed by atoms with E-state index in [0.29, 0.717) is 92.4 Å². The summed E-state index contributed by atoms with van der Waals surface area (Å²) in [5.41, 5.74) is 0. The van der Waals surface area contributed by atoms with Gasteiger partial charge < -0.3 is 33.2 Å². The molecule has 0 amide bonds. The number of ether oxygens (including phenoxy) is 7. The molecule has 2 bridgehead atoms. The fraction of sp³-hybridized carbons (Fsp3) is 0.864. The molecule has 3 saturated heterocycles. The summed E-state index contributed by atoms with van der Waals surface area (Å²) in [6.07, 6.45) is 1.17. The first-order valence-corrected chi connectivity index (χ1v) is 11.5. The SMILES string of the molecule is C=CC(=O)OCC1COCCOCCN2CCOCCOCCN1CCOCCOCC2. The molecule has 1 atom stereocenters. The van der Waals surface area contributed by atoms with Gasteiger partial charge in [0.25, 0.3) is 0 Å². The molecule has 10 heteroatoms. The zero-order valence-electron chi connectivity index (χ0n) is 19.3. The van der Waals surface area contributed by atoms with Crippen molar-refractivity contribution in [1.82, 2.24) is 9.80 Å². The Kier molecular flexibility index (Phi) is 15.5. The van der Waals surface area contributed by atoms with Gasteiger partial charge in [0.05, 0.1) is 85.3 Å². The second-order valence-electron chi connectivity index (χ2n) is 7.50. The second-order valence-corrected chi connectivity index (χ2v) is 7.50. The first-order chi connectivity index (χ1) is 15.8. The van der Waals surface area contributed by atoms with E-state index in [0.717, 1.165) is 19.6 Å². The van der Waals surface area contributed by atoms with Crippen molar-refractivity contribution in [3.8, 4) is 0 Å². The van der Waals surface area contributed by atoms with Crippen molar-refractivity contribution < 1.29 is 38.0 Å².